The standard InChI is InChI=1S/C16H22O2Si/c1-11(2)6-7-12-8-9-13-10-18-16(17)14(13)15(12)19(3,4)5/h11H,6-7,10H2,1-5H3. The van der Waals surface area contributed by atoms with Gasteiger partial charge in [-0.3, -0.25) is 0 Å². The van der Waals surface area contributed by atoms with Gasteiger partial charge in [-0.1, -0.05) is 45.6 Å². The maximum absolute atomic E-state index is 12.0. The lowest BCUT2D eigenvalue weighted by Crippen LogP contribution is -2.43. The number of carbonyl (C=O) groups is 1. The van der Waals surface area contributed by atoms with Crippen LogP contribution in [0, 0.1) is 18.1 Å². The van der Waals surface area contributed by atoms with Gasteiger partial charge < -0.3 is 4.74 Å². The zero-order valence-electron chi connectivity index (χ0n) is 12.5. The molecule has 0 fully saturated rings. The van der Waals surface area contributed by atoms with Gasteiger partial charge in [0.15, 0.2) is 0 Å². The number of rotatable bonds is 4. The van der Waals surface area contributed by atoms with Crippen LogP contribution in [0.4, 0.5) is 0 Å². The third-order valence-electron chi connectivity index (χ3n) is 3.49. The molecule has 0 bridgehead atoms. The van der Waals surface area contributed by atoms with E-state index in [-0.39, 0.29) is 5.97 Å². The highest BCUT2D eigenvalue weighted by Gasteiger charge is 2.33. The summed E-state index contributed by atoms with van der Waals surface area (Å²) < 4.78 is 5.17. The summed E-state index contributed by atoms with van der Waals surface area (Å²) >= 11 is 0. The van der Waals surface area contributed by atoms with Gasteiger partial charge in [-0.25, -0.2) is 4.79 Å². The topological polar surface area (TPSA) is 26.3 Å². The summed E-state index contributed by atoms with van der Waals surface area (Å²) in [5.41, 5.74) is 2.89. The number of cyclic esters (lactones) is 1. The van der Waals surface area contributed by atoms with Crippen molar-refractivity contribution in [2.75, 3.05) is 0 Å². The van der Waals surface area contributed by atoms with E-state index >= 15 is 0 Å². The van der Waals surface area contributed by atoms with E-state index in [1.165, 1.54) is 10.8 Å². The summed E-state index contributed by atoms with van der Waals surface area (Å²) in [6, 6.07) is 6.43. The molecule has 0 saturated carbocycles. The van der Waals surface area contributed by atoms with Crippen molar-refractivity contribution < 1.29 is 9.53 Å². The molecule has 1 aromatic rings. The van der Waals surface area contributed by atoms with E-state index in [1.54, 1.807) is 0 Å². The summed E-state index contributed by atoms with van der Waals surface area (Å²) in [6.45, 7) is 11.6. The first-order valence-corrected chi connectivity index (χ1v) is 10.5. The second kappa shape index (κ2) is 5.01. The smallest absolute Gasteiger partial charge is 0.339 e. The predicted molar refractivity (Wildman–Crippen MR) is 79.4 cm³/mol. The van der Waals surface area contributed by atoms with Gasteiger partial charge in [-0.15, -0.1) is 0 Å². The number of ether oxygens (including phenoxy) is 1. The molecule has 1 heterocycles. The minimum absolute atomic E-state index is 0.163. The van der Waals surface area contributed by atoms with E-state index in [0.29, 0.717) is 12.5 Å². The molecule has 2 nitrogen and oxygen atoms in total. The van der Waals surface area contributed by atoms with Gasteiger partial charge in [0.25, 0.3) is 0 Å². The molecule has 0 aromatic heterocycles. The van der Waals surface area contributed by atoms with Gasteiger partial charge in [-0.2, -0.15) is 0 Å². The second-order valence-corrected chi connectivity index (χ2v) is 11.7. The fourth-order valence-electron chi connectivity index (χ4n) is 2.57. The van der Waals surface area contributed by atoms with Crippen molar-refractivity contribution in [3.8, 4) is 0 Å². The molecule has 0 aliphatic carbocycles. The molecular formula is C16H22O2Si. The lowest BCUT2D eigenvalue weighted by atomic mass is 10.0. The van der Waals surface area contributed by atoms with E-state index in [9.17, 15) is 4.79 Å². The SMILES string of the molecule is CC(C)CCc1c#cc2c(c1[Si](C)(C)C)C(=O)OC2. The first-order valence-electron chi connectivity index (χ1n) is 6.97. The first kappa shape index (κ1) is 14.1. The van der Waals surface area contributed by atoms with E-state index in [0.717, 1.165) is 24.0 Å². The number of esters is 1. The highest BCUT2D eigenvalue weighted by atomic mass is 28.3. The Hall–Kier alpha value is -1.27. The van der Waals surface area contributed by atoms with Gasteiger partial charge in [0.05, 0.1) is 19.2 Å². The van der Waals surface area contributed by atoms with Crippen LogP contribution in [0.3, 0.4) is 0 Å². The molecule has 3 heteroatoms. The molecule has 0 spiro atoms. The van der Waals surface area contributed by atoms with Crippen LogP contribution >= 0.6 is 0 Å². The van der Waals surface area contributed by atoms with Crippen molar-refractivity contribution in [3.05, 3.63) is 28.8 Å². The molecule has 0 saturated heterocycles. The van der Waals surface area contributed by atoms with Crippen LogP contribution in [0.1, 0.15) is 41.8 Å². The molecule has 1 aliphatic heterocycles. The fourth-order valence-corrected chi connectivity index (χ4v) is 4.67. The molecule has 0 amide bonds. The Bertz CT molecular complexity index is 498. The molecule has 1 aliphatic rings. The molecule has 0 atom stereocenters. The van der Waals surface area contributed by atoms with E-state index in [2.05, 4.69) is 45.6 Å². The molecule has 0 radical (unpaired) electrons. The minimum Gasteiger partial charge on any atom is -0.456 e. The maximum atomic E-state index is 12.0. The average Bonchev–Trinajstić information content (AvgIpc) is 2.66. The highest BCUT2D eigenvalue weighted by Crippen LogP contribution is 2.21. The summed E-state index contributed by atoms with van der Waals surface area (Å²) in [7, 11) is -1.60. The summed E-state index contributed by atoms with van der Waals surface area (Å²) in [5.74, 6) is 0.492. The lowest BCUT2D eigenvalue weighted by Gasteiger charge is -2.22. The lowest BCUT2D eigenvalue weighted by molar-refractivity contribution is 0.0536. The number of hydrogen-bond acceptors (Lipinski definition) is 2. The molecule has 1 aromatic carbocycles. The third-order valence-corrected chi connectivity index (χ3v) is 5.54. The van der Waals surface area contributed by atoms with Crippen LogP contribution in [-0.2, 0) is 17.8 Å². The van der Waals surface area contributed by atoms with Crippen LogP contribution in [0.5, 0.6) is 0 Å². The van der Waals surface area contributed by atoms with Crippen LogP contribution in [0.15, 0.2) is 0 Å². The first-order chi connectivity index (χ1) is 8.80. The van der Waals surface area contributed by atoms with Crippen LogP contribution in [-0.4, -0.2) is 14.0 Å². The average molecular weight is 274 g/mol. The van der Waals surface area contributed by atoms with Crippen molar-refractivity contribution in [1.82, 2.24) is 0 Å². The molecule has 0 unspecified atom stereocenters. The van der Waals surface area contributed by atoms with E-state index in [4.69, 9.17) is 4.74 Å². The van der Waals surface area contributed by atoms with Crippen LogP contribution in [0.2, 0.25) is 19.6 Å². The normalized spacial score (nSPS) is 14.3. The van der Waals surface area contributed by atoms with Crippen molar-refractivity contribution >= 4 is 19.2 Å². The van der Waals surface area contributed by atoms with Gasteiger partial charge in [0, 0.05) is 5.56 Å². The summed E-state index contributed by atoms with van der Waals surface area (Å²) in [5, 5.41) is 1.24. The summed E-state index contributed by atoms with van der Waals surface area (Å²) in [4.78, 5) is 12.0. The second-order valence-electron chi connectivity index (χ2n) is 6.72. The molecule has 19 heavy (non-hydrogen) atoms. The minimum atomic E-state index is -1.60. The number of fused-ring (bicyclic) bond motifs is 1. The van der Waals surface area contributed by atoms with Gasteiger partial charge in [0.1, 0.15) is 6.61 Å². The summed E-state index contributed by atoms with van der Waals surface area (Å²) in [6.07, 6.45) is 2.10. The highest BCUT2D eigenvalue weighted by molar-refractivity contribution is 6.89. The maximum Gasteiger partial charge on any atom is 0.339 e. The van der Waals surface area contributed by atoms with Crippen molar-refractivity contribution in [3.63, 3.8) is 0 Å². The predicted octanol–water partition coefficient (Wildman–Crippen LogP) is 3.09. The molecule has 2 rings (SSSR count). The Labute approximate surface area is 117 Å². The van der Waals surface area contributed by atoms with Gasteiger partial charge in [-0.05, 0) is 23.9 Å². The molecular weight excluding hydrogens is 252 g/mol. The third kappa shape index (κ3) is 2.84. The Kier molecular flexibility index (Phi) is 3.73. The van der Waals surface area contributed by atoms with E-state index < -0.39 is 8.07 Å². The Morgan fingerprint density at radius 1 is 1.26 bits per heavy atom. The Balaban J connectivity index is 2.50. The van der Waals surface area contributed by atoms with Gasteiger partial charge >= 0.3 is 5.97 Å². The van der Waals surface area contributed by atoms with Gasteiger partial charge in [0.2, 0.25) is 0 Å². The van der Waals surface area contributed by atoms with Crippen molar-refractivity contribution in [1.29, 1.82) is 0 Å². The van der Waals surface area contributed by atoms with E-state index in [1.807, 2.05) is 0 Å². The van der Waals surface area contributed by atoms with Crippen LogP contribution < -0.4 is 5.19 Å². The number of carbonyl (C=O) groups excluding carboxylic acids is 1. The molecule has 102 valence electrons. The van der Waals surface area contributed by atoms with Crippen LogP contribution in [0.25, 0.3) is 0 Å². The zero-order valence-corrected chi connectivity index (χ0v) is 13.5. The quantitative estimate of drug-likeness (QED) is 0.623. The van der Waals surface area contributed by atoms with Crippen molar-refractivity contribution in [2.45, 2.75) is 52.9 Å². The Morgan fingerprint density at radius 3 is 2.53 bits per heavy atom. The fraction of sp³-hybridized carbons (Fsp3) is 0.562. The number of hydrogen-bond donors (Lipinski definition) is 0. The molecule has 0 N–H and O–H groups in total. The van der Waals surface area contributed by atoms with Crippen molar-refractivity contribution in [2.24, 2.45) is 5.92 Å². The largest absolute Gasteiger partial charge is 0.456 e. The monoisotopic (exact) mass is 274 g/mol. The zero-order chi connectivity index (χ0) is 14.2. The Morgan fingerprint density at radius 2 is 1.95 bits per heavy atom.